The summed E-state index contributed by atoms with van der Waals surface area (Å²) in [6.07, 6.45) is -0.536. The first-order valence-electron chi connectivity index (χ1n) is 7.27. The number of hydrogen-bond acceptors (Lipinski definition) is 5. The van der Waals surface area contributed by atoms with Gasteiger partial charge < -0.3 is 15.3 Å². The summed E-state index contributed by atoms with van der Waals surface area (Å²) in [5.41, 5.74) is 3.64. The number of fused-ring (bicyclic) bond motifs is 2. The van der Waals surface area contributed by atoms with Crippen molar-refractivity contribution >= 4 is 28.7 Å². The monoisotopic (exact) mass is 327 g/mol. The van der Waals surface area contributed by atoms with Crippen molar-refractivity contribution in [2.24, 2.45) is 0 Å². The summed E-state index contributed by atoms with van der Waals surface area (Å²) in [6.45, 7) is 0.545. The number of rotatable bonds is 2. The molecular formula is C14H13N7O3. The van der Waals surface area contributed by atoms with Crippen LogP contribution in [-0.4, -0.2) is 54.2 Å². The zero-order valence-electron chi connectivity index (χ0n) is 12.4. The second-order valence-corrected chi connectivity index (χ2v) is 5.46. The normalized spacial score (nSPS) is 13.8. The number of nitrogens with zero attached hydrogens (tertiary/aromatic N) is 4. The average molecular weight is 327 g/mol. The van der Waals surface area contributed by atoms with Gasteiger partial charge >= 0.3 is 6.09 Å². The molecular weight excluding hydrogens is 314 g/mol. The number of aromatic amines is 2. The van der Waals surface area contributed by atoms with Crippen molar-refractivity contribution in [3.63, 3.8) is 0 Å². The Morgan fingerprint density at radius 2 is 2.04 bits per heavy atom. The number of carboxylic acid groups (broad SMARTS) is 1. The van der Waals surface area contributed by atoms with Gasteiger partial charge in [0.1, 0.15) is 11.0 Å². The van der Waals surface area contributed by atoms with Crippen LogP contribution in [0.3, 0.4) is 0 Å². The minimum Gasteiger partial charge on any atom is -0.465 e. The molecule has 0 radical (unpaired) electrons. The predicted molar refractivity (Wildman–Crippen MR) is 82.6 cm³/mol. The van der Waals surface area contributed by atoms with Crippen LogP contribution in [0.4, 0.5) is 10.5 Å². The summed E-state index contributed by atoms with van der Waals surface area (Å²) >= 11 is 0. The first kappa shape index (κ1) is 14.2. The van der Waals surface area contributed by atoms with Crippen molar-refractivity contribution < 1.29 is 14.7 Å². The summed E-state index contributed by atoms with van der Waals surface area (Å²) < 4.78 is 0. The van der Waals surface area contributed by atoms with E-state index in [9.17, 15) is 9.59 Å². The highest BCUT2D eigenvalue weighted by Crippen LogP contribution is 2.22. The third kappa shape index (κ3) is 2.33. The molecule has 122 valence electrons. The molecule has 2 amide bonds. The summed E-state index contributed by atoms with van der Waals surface area (Å²) in [4.78, 5) is 24.8. The number of hydrogen-bond donors (Lipinski definition) is 4. The Morgan fingerprint density at radius 1 is 1.21 bits per heavy atom. The van der Waals surface area contributed by atoms with E-state index >= 15 is 0 Å². The number of amides is 2. The highest BCUT2D eigenvalue weighted by atomic mass is 16.4. The van der Waals surface area contributed by atoms with Crippen LogP contribution < -0.4 is 5.32 Å². The van der Waals surface area contributed by atoms with Gasteiger partial charge in [0.15, 0.2) is 5.69 Å². The van der Waals surface area contributed by atoms with E-state index in [4.69, 9.17) is 5.11 Å². The molecule has 3 heterocycles. The van der Waals surface area contributed by atoms with Gasteiger partial charge in [-0.2, -0.15) is 20.5 Å². The van der Waals surface area contributed by atoms with Crippen molar-refractivity contribution in [2.45, 2.75) is 13.0 Å². The van der Waals surface area contributed by atoms with E-state index in [1.807, 2.05) is 0 Å². The van der Waals surface area contributed by atoms with Crippen LogP contribution in [-0.2, 0) is 13.0 Å². The maximum Gasteiger partial charge on any atom is 0.407 e. The van der Waals surface area contributed by atoms with Crippen molar-refractivity contribution in [2.75, 3.05) is 11.9 Å². The van der Waals surface area contributed by atoms with Gasteiger partial charge in [-0.25, -0.2) is 4.79 Å². The molecule has 4 N–H and O–H groups in total. The highest BCUT2D eigenvalue weighted by Gasteiger charge is 2.27. The third-order valence-electron chi connectivity index (χ3n) is 3.99. The number of benzene rings is 1. The smallest absolute Gasteiger partial charge is 0.407 e. The summed E-state index contributed by atoms with van der Waals surface area (Å²) in [5.74, 6) is -0.348. The molecule has 0 saturated carbocycles. The van der Waals surface area contributed by atoms with E-state index in [0.717, 1.165) is 5.56 Å². The minimum absolute atomic E-state index is 0.204. The molecule has 24 heavy (non-hydrogen) atoms. The number of carbonyl (C=O) groups excluding carboxylic acids is 1. The van der Waals surface area contributed by atoms with E-state index < -0.39 is 6.09 Å². The van der Waals surface area contributed by atoms with E-state index in [1.54, 1.807) is 18.2 Å². The molecule has 0 bridgehead atoms. The fourth-order valence-corrected chi connectivity index (χ4v) is 2.78. The topological polar surface area (TPSA) is 140 Å². The Morgan fingerprint density at radius 3 is 2.88 bits per heavy atom. The molecule has 0 fully saturated rings. The summed E-state index contributed by atoms with van der Waals surface area (Å²) in [6, 6.07) is 5.19. The van der Waals surface area contributed by atoms with Crippen LogP contribution in [0.2, 0.25) is 0 Å². The van der Waals surface area contributed by atoms with Crippen molar-refractivity contribution in [1.29, 1.82) is 0 Å². The van der Waals surface area contributed by atoms with E-state index in [0.29, 0.717) is 35.4 Å². The zero-order chi connectivity index (χ0) is 16.7. The lowest BCUT2D eigenvalue weighted by atomic mass is 10.0. The largest absolute Gasteiger partial charge is 0.465 e. The predicted octanol–water partition coefficient (Wildman–Crippen LogP) is 0.969. The molecule has 1 aromatic carbocycles. The standard InChI is InChI=1S/C14H13N7O3/c22-13(15-7-1-2-9-10(5-7)18-20-17-9)12-8-3-4-21(14(23)24)6-11(8)16-19-12/h1-2,5H,3-4,6H2,(H,15,22)(H,16,19)(H,23,24)(H,17,18,20). The Balaban J connectivity index is 1.56. The maximum atomic E-state index is 12.5. The number of anilines is 1. The molecule has 10 nitrogen and oxygen atoms in total. The van der Waals surface area contributed by atoms with Gasteiger partial charge in [-0.15, -0.1) is 0 Å². The average Bonchev–Trinajstić information content (AvgIpc) is 3.20. The lowest BCUT2D eigenvalue weighted by Gasteiger charge is -2.23. The number of nitrogens with one attached hydrogen (secondary N) is 3. The molecule has 0 spiro atoms. The second kappa shape index (κ2) is 5.33. The van der Waals surface area contributed by atoms with Gasteiger partial charge in [-0.3, -0.25) is 9.89 Å². The van der Waals surface area contributed by atoms with Gasteiger partial charge in [-0.1, -0.05) is 0 Å². The van der Waals surface area contributed by atoms with Crippen molar-refractivity contribution in [1.82, 2.24) is 30.5 Å². The van der Waals surface area contributed by atoms with Crippen LogP contribution in [0, 0.1) is 0 Å². The van der Waals surface area contributed by atoms with Crippen molar-refractivity contribution in [3.8, 4) is 0 Å². The second-order valence-electron chi connectivity index (χ2n) is 5.46. The lowest BCUT2D eigenvalue weighted by molar-refractivity contribution is 0.102. The molecule has 0 unspecified atom stereocenters. The molecule has 1 aliphatic heterocycles. The van der Waals surface area contributed by atoms with Crippen LogP contribution >= 0.6 is 0 Å². The zero-order valence-corrected chi connectivity index (χ0v) is 12.4. The first-order chi connectivity index (χ1) is 11.6. The van der Waals surface area contributed by atoms with Gasteiger partial charge in [-0.05, 0) is 24.6 Å². The highest BCUT2D eigenvalue weighted by molar-refractivity contribution is 6.04. The molecule has 3 aromatic rings. The molecule has 0 atom stereocenters. The van der Waals surface area contributed by atoms with Crippen LogP contribution in [0.1, 0.15) is 21.7 Å². The number of H-pyrrole nitrogens is 2. The minimum atomic E-state index is -0.984. The van der Waals surface area contributed by atoms with E-state index in [2.05, 4.69) is 30.9 Å². The molecule has 0 aliphatic carbocycles. The molecule has 10 heteroatoms. The fourth-order valence-electron chi connectivity index (χ4n) is 2.78. The van der Waals surface area contributed by atoms with Crippen LogP contribution in [0.5, 0.6) is 0 Å². The molecule has 4 rings (SSSR count). The first-order valence-corrected chi connectivity index (χ1v) is 7.27. The molecule has 2 aromatic heterocycles. The number of aromatic nitrogens is 5. The quantitative estimate of drug-likeness (QED) is 0.553. The van der Waals surface area contributed by atoms with Gasteiger partial charge in [0.25, 0.3) is 5.91 Å². The Kier molecular flexibility index (Phi) is 3.15. The van der Waals surface area contributed by atoms with Crippen LogP contribution in [0.25, 0.3) is 11.0 Å². The van der Waals surface area contributed by atoms with Gasteiger partial charge in [0.2, 0.25) is 0 Å². The Bertz CT molecular complexity index is 945. The lowest BCUT2D eigenvalue weighted by Crippen LogP contribution is -2.35. The summed E-state index contributed by atoms with van der Waals surface area (Å²) in [5, 5.41) is 29.1. The SMILES string of the molecule is O=C(Nc1ccc2n[nH]nc2c1)c1n[nH]c2c1CCN(C(=O)O)C2. The Labute approximate surface area is 134 Å². The fraction of sp³-hybridized carbons (Fsp3) is 0.214. The molecule has 0 saturated heterocycles. The van der Waals surface area contributed by atoms with Gasteiger partial charge in [0, 0.05) is 17.8 Å². The maximum absolute atomic E-state index is 12.5. The Hall–Kier alpha value is -3.43. The number of carbonyl (C=O) groups is 2. The van der Waals surface area contributed by atoms with E-state index in [-0.39, 0.29) is 18.1 Å². The molecule has 1 aliphatic rings. The van der Waals surface area contributed by atoms with Crippen LogP contribution in [0.15, 0.2) is 18.2 Å². The van der Waals surface area contributed by atoms with Gasteiger partial charge in [0.05, 0.1) is 12.2 Å². The van der Waals surface area contributed by atoms with E-state index in [1.165, 1.54) is 4.90 Å². The summed E-state index contributed by atoms with van der Waals surface area (Å²) in [7, 11) is 0. The third-order valence-corrected chi connectivity index (χ3v) is 3.99. The van der Waals surface area contributed by atoms with Crippen molar-refractivity contribution in [3.05, 3.63) is 35.2 Å².